The molecule has 2 N–H and O–H groups in total. The number of hydrogen-bond donors (Lipinski definition) is 2. The van der Waals surface area contributed by atoms with Gasteiger partial charge in [0.15, 0.2) is 5.82 Å². The van der Waals surface area contributed by atoms with Crippen molar-refractivity contribution in [3.05, 3.63) is 35.9 Å². The number of benzene rings is 1. The fraction of sp³-hybridized carbons (Fsp3) is 0.667. The van der Waals surface area contributed by atoms with Crippen LogP contribution >= 0.6 is 12.4 Å². The molecule has 1 amide bonds. The van der Waals surface area contributed by atoms with E-state index in [0.29, 0.717) is 30.9 Å². The molecule has 1 aromatic carbocycles. The predicted molar refractivity (Wildman–Crippen MR) is 164 cm³/mol. The molecule has 3 heterocycles. The summed E-state index contributed by atoms with van der Waals surface area (Å²) in [5, 5.41) is 21.9. The predicted octanol–water partition coefficient (Wildman–Crippen LogP) is 3.99. The largest absolute Gasteiger partial charge is 0.434 e. The fourth-order valence-corrected chi connectivity index (χ4v) is 6.24. The molecule has 42 heavy (non-hydrogen) atoms. The van der Waals surface area contributed by atoms with Crippen LogP contribution in [0.5, 0.6) is 11.6 Å². The number of nitrogens with one attached hydrogen (secondary N) is 1. The van der Waals surface area contributed by atoms with Crippen molar-refractivity contribution in [2.24, 2.45) is 11.3 Å². The minimum absolute atomic E-state index is 0. The first-order valence-electron chi connectivity index (χ1n) is 14.9. The SMILES string of the molecule is CCNCC(O)CC(C(C)C)N1CC2(CCN(c3ncnnc3Oc3ccc(F)cc3C(=O)N(CC)C(C)C)C2)C1.Cl. The lowest BCUT2D eigenvalue weighted by Crippen LogP contribution is -2.62. The Bertz CT molecular complexity index is 1180. The molecule has 2 fully saturated rings. The highest BCUT2D eigenvalue weighted by atomic mass is 35.5. The van der Waals surface area contributed by atoms with Gasteiger partial charge in [0, 0.05) is 56.8 Å². The number of amides is 1. The molecule has 1 spiro atoms. The normalized spacial score (nSPS) is 17.7. The quantitative estimate of drug-likeness (QED) is 0.349. The summed E-state index contributed by atoms with van der Waals surface area (Å²) in [5.74, 6) is 0.609. The molecule has 1 aromatic heterocycles. The van der Waals surface area contributed by atoms with Crippen molar-refractivity contribution in [2.75, 3.05) is 50.7 Å². The second kappa shape index (κ2) is 14.7. The highest BCUT2D eigenvalue weighted by Gasteiger charge is 2.50. The van der Waals surface area contributed by atoms with Crippen LogP contribution in [0.3, 0.4) is 0 Å². The van der Waals surface area contributed by atoms with Gasteiger partial charge in [-0.3, -0.25) is 9.69 Å². The summed E-state index contributed by atoms with van der Waals surface area (Å²) in [6.45, 7) is 17.7. The molecular weight excluding hydrogens is 561 g/mol. The van der Waals surface area contributed by atoms with E-state index in [-0.39, 0.29) is 53.1 Å². The van der Waals surface area contributed by atoms with E-state index in [0.717, 1.165) is 45.6 Å². The van der Waals surface area contributed by atoms with Crippen LogP contribution in [0.15, 0.2) is 24.5 Å². The minimum atomic E-state index is -0.511. The van der Waals surface area contributed by atoms with Crippen molar-refractivity contribution < 1.29 is 19.0 Å². The van der Waals surface area contributed by atoms with Gasteiger partial charge in [-0.15, -0.1) is 22.6 Å². The van der Waals surface area contributed by atoms with Gasteiger partial charge in [0.2, 0.25) is 0 Å². The Hall–Kier alpha value is -2.60. The number of carbonyl (C=O) groups excluding carboxylic acids is 1. The van der Waals surface area contributed by atoms with Gasteiger partial charge in [-0.25, -0.2) is 9.37 Å². The number of likely N-dealkylation sites (N-methyl/N-ethyl adjacent to an activating group) is 1. The maximum absolute atomic E-state index is 14.2. The molecule has 2 aromatic rings. The number of rotatable bonds is 13. The standard InChI is InChI=1S/C30H46FN7O3.ClH/c1-7-32-15-23(39)14-25(20(3)4)37-17-30(18-37)11-12-36(16-30)27-28(35-34-19-33-27)41-26-10-9-22(31)13-24(26)29(40)38(8-2)21(5)6;/h9-10,13,19-21,23,25,32,39H,7-8,11-12,14-18H2,1-6H3;1H. The van der Waals surface area contributed by atoms with Crippen LogP contribution in [0.1, 0.15) is 64.7 Å². The number of likely N-dealkylation sites (tertiary alicyclic amines) is 1. The number of halogens is 2. The lowest BCUT2D eigenvalue weighted by Gasteiger charge is -2.53. The Labute approximate surface area is 255 Å². The van der Waals surface area contributed by atoms with Crippen LogP contribution in [0.4, 0.5) is 10.2 Å². The van der Waals surface area contributed by atoms with E-state index in [1.807, 2.05) is 27.7 Å². The van der Waals surface area contributed by atoms with E-state index in [4.69, 9.17) is 4.74 Å². The maximum atomic E-state index is 14.2. The molecule has 2 saturated heterocycles. The highest BCUT2D eigenvalue weighted by molar-refractivity contribution is 5.97. The van der Waals surface area contributed by atoms with Gasteiger partial charge in [-0.05, 0) is 64.3 Å². The maximum Gasteiger partial charge on any atom is 0.282 e. The first-order valence-corrected chi connectivity index (χ1v) is 14.9. The van der Waals surface area contributed by atoms with E-state index < -0.39 is 5.82 Å². The minimum Gasteiger partial charge on any atom is -0.434 e. The van der Waals surface area contributed by atoms with Crippen molar-refractivity contribution >= 4 is 24.1 Å². The number of hydrogen-bond acceptors (Lipinski definition) is 9. The van der Waals surface area contributed by atoms with Crippen molar-refractivity contribution in [3.63, 3.8) is 0 Å². The van der Waals surface area contributed by atoms with Crippen molar-refractivity contribution in [3.8, 4) is 11.6 Å². The second-order valence-corrected chi connectivity index (χ2v) is 12.1. The third-order valence-electron chi connectivity index (χ3n) is 8.37. The molecule has 2 unspecified atom stereocenters. The van der Waals surface area contributed by atoms with Crippen LogP contribution < -0.4 is 15.0 Å². The zero-order valence-electron chi connectivity index (χ0n) is 25.7. The van der Waals surface area contributed by atoms with Crippen LogP contribution in [-0.4, -0.2) is 100.0 Å². The summed E-state index contributed by atoms with van der Waals surface area (Å²) >= 11 is 0. The summed E-state index contributed by atoms with van der Waals surface area (Å²) < 4.78 is 20.4. The molecule has 2 aliphatic heterocycles. The van der Waals surface area contributed by atoms with Gasteiger partial charge in [0.1, 0.15) is 17.9 Å². The molecule has 234 valence electrons. The number of anilines is 1. The topological polar surface area (TPSA) is 107 Å². The molecular formula is C30H47ClFN7O3. The molecule has 4 rings (SSSR count). The lowest BCUT2D eigenvalue weighted by molar-refractivity contribution is -0.0457. The van der Waals surface area contributed by atoms with E-state index in [1.165, 1.54) is 24.5 Å². The van der Waals surface area contributed by atoms with Gasteiger partial charge in [-0.1, -0.05) is 20.8 Å². The third-order valence-corrected chi connectivity index (χ3v) is 8.37. The lowest BCUT2D eigenvalue weighted by atomic mass is 9.76. The Morgan fingerprint density at radius 3 is 2.60 bits per heavy atom. The zero-order valence-corrected chi connectivity index (χ0v) is 26.5. The van der Waals surface area contributed by atoms with Gasteiger partial charge < -0.3 is 25.0 Å². The van der Waals surface area contributed by atoms with Crippen molar-refractivity contribution in [1.29, 1.82) is 0 Å². The third kappa shape index (κ3) is 7.67. The summed E-state index contributed by atoms with van der Waals surface area (Å²) in [6, 6.07) is 4.22. The number of nitrogens with zero attached hydrogens (tertiary/aromatic N) is 6. The Morgan fingerprint density at radius 2 is 1.95 bits per heavy atom. The van der Waals surface area contributed by atoms with Crippen LogP contribution in [0, 0.1) is 17.2 Å². The monoisotopic (exact) mass is 607 g/mol. The van der Waals surface area contributed by atoms with E-state index in [9.17, 15) is 14.3 Å². The highest BCUT2D eigenvalue weighted by Crippen LogP contribution is 2.44. The van der Waals surface area contributed by atoms with Gasteiger partial charge in [-0.2, -0.15) is 0 Å². The molecule has 0 saturated carbocycles. The van der Waals surface area contributed by atoms with Gasteiger partial charge in [0.05, 0.1) is 11.7 Å². The molecule has 0 bridgehead atoms. The smallest absolute Gasteiger partial charge is 0.282 e. The number of aliphatic hydroxyl groups is 1. The van der Waals surface area contributed by atoms with Crippen LogP contribution in [0.25, 0.3) is 0 Å². The summed E-state index contributed by atoms with van der Waals surface area (Å²) in [4.78, 5) is 24.1. The molecule has 2 aliphatic rings. The summed E-state index contributed by atoms with van der Waals surface area (Å²) in [6.07, 6.45) is 2.80. The number of aliphatic hydroxyl groups excluding tert-OH is 1. The van der Waals surface area contributed by atoms with Crippen molar-refractivity contribution in [1.82, 2.24) is 30.3 Å². The summed E-state index contributed by atoms with van der Waals surface area (Å²) in [5.41, 5.74) is 0.276. The first kappa shape index (κ1) is 33.9. The van der Waals surface area contributed by atoms with Gasteiger partial charge in [0.25, 0.3) is 11.8 Å². The number of carbonyl (C=O) groups is 1. The Morgan fingerprint density at radius 1 is 1.21 bits per heavy atom. The van der Waals surface area contributed by atoms with Crippen molar-refractivity contribution in [2.45, 2.75) is 72.6 Å². The van der Waals surface area contributed by atoms with Crippen LogP contribution in [-0.2, 0) is 0 Å². The van der Waals surface area contributed by atoms with Gasteiger partial charge >= 0.3 is 0 Å². The molecule has 12 heteroatoms. The average molecular weight is 608 g/mol. The summed E-state index contributed by atoms with van der Waals surface area (Å²) in [7, 11) is 0. The van der Waals surface area contributed by atoms with E-state index >= 15 is 0 Å². The second-order valence-electron chi connectivity index (χ2n) is 12.1. The molecule has 0 radical (unpaired) electrons. The molecule has 0 aliphatic carbocycles. The Kier molecular flexibility index (Phi) is 11.9. The first-order chi connectivity index (χ1) is 19.6. The fourth-order valence-electron chi connectivity index (χ4n) is 6.24. The van der Waals surface area contributed by atoms with Crippen LogP contribution in [0.2, 0.25) is 0 Å². The number of aromatic nitrogens is 3. The number of ether oxygens (including phenoxy) is 1. The average Bonchev–Trinajstić information content (AvgIpc) is 3.37. The molecule has 2 atom stereocenters. The Balaban J connectivity index is 0.00000484. The zero-order chi connectivity index (χ0) is 29.7. The molecule has 10 nitrogen and oxygen atoms in total. The van der Waals surface area contributed by atoms with E-state index in [2.05, 4.69) is 44.1 Å². The van der Waals surface area contributed by atoms with E-state index in [1.54, 1.807) is 4.90 Å².